The molecule has 3 rings (SSSR count). The molecule has 0 radical (unpaired) electrons. The molecule has 152 valence electrons. The van der Waals surface area contributed by atoms with E-state index in [1.54, 1.807) is 36.4 Å². The Bertz CT molecular complexity index is 1070. The van der Waals surface area contributed by atoms with E-state index in [1.165, 1.54) is 30.5 Å². The summed E-state index contributed by atoms with van der Waals surface area (Å²) in [5.41, 5.74) is 3.62. The van der Waals surface area contributed by atoms with Crippen molar-refractivity contribution in [1.29, 1.82) is 0 Å². The number of benzene rings is 3. The number of anilines is 1. The number of carbonyl (C=O) groups is 2. The van der Waals surface area contributed by atoms with Crippen molar-refractivity contribution in [3.63, 3.8) is 0 Å². The fraction of sp³-hybridized carbons (Fsp3) is 0.0455. The maximum atomic E-state index is 13.5. The van der Waals surface area contributed by atoms with E-state index in [0.717, 1.165) is 5.56 Å². The number of para-hydroxylation sites is 1. The van der Waals surface area contributed by atoms with Crippen LogP contribution in [-0.2, 0) is 16.2 Å². The van der Waals surface area contributed by atoms with Crippen molar-refractivity contribution in [3.8, 4) is 5.75 Å². The van der Waals surface area contributed by atoms with Gasteiger partial charge in [0.25, 0.3) is 0 Å². The van der Waals surface area contributed by atoms with Gasteiger partial charge in [0.05, 0.1) is 11.9 Å². The summed E-state index contributed by atoms with van der Waals surface area (Å²) in [5, 5.41) is 6.58. The highest BCUT2D eigenvalue weighted by Gasteiger charge is 2.14. The van der Waals surface area contributed by atoms with E-state index in [4.69, 9.17) is 16.3 Å². The topological polar surface area (TPSA) is 79.8 Å². The second-order valence-corrected chi connectivity index (χ2v) is 6.56. The van der Waals surface area contributed by atoms with Crippen molar-refractivity contribution < 1.29 is 18.7 Å². The van der Waals surface area contributed by atoms with Crippen LogP contribution in [0.15, 0.2) is 77.9 Å². The highest BCUT2D eigenvalue weighted by Crippen LogP contribution is 2.16. The van der Waals surface area contributed by atoms with Gasteiger partial charge in [0.15, 0.2) is 0 Å². The van der Waals surface area contributed by atoms with Gasteiger partial charge in [0, 0.05) is 5.02 Å². The van der Waals surface area contributed by atoms with E-state index in [1.807, 2.05) is 12.1 Å². The third kappa shape index (κ3) is 6.15. The smallest absolute Gasteiger partial charge is 0.329 e. The van der Waals surface area contributed by atoms with Gasteiger partial charge in [-0.1, -0.05) is 48.0 Å². The minimum atomic E-state index is -1.03. The third-order valence-electron chi connectivity index (χ3n) is 3.88. The Labute approximate surface area is 177 Å². The normalized spacial score (nSPS) is 10.6. The minimum Gasteiger partial charge on any atom is -0.489 e. The molecule has 0 saturated carbocycles. The van der Waals surface area contributed by atoms with E-state index in [2.05, 4.69) is 15.8 Å². The second-order valence-electron chi connectivity index (χ2n) is 6.12. The molecule has 0 heterocycles. The summed E-state index contributed by atoms with van der Waals surface area (Å²) in [6.07, 6.45) is 1.36. The van der Waals surface area contributed by atoms with Gasteiger partial charge in [0.2, 0.25) is 0 Å². The summed E-state index contributed by atoms with van der Waals surface area (Å²) in [6.45, 7) is 0.366. The molecule has 0 spiro atoms. The zero-order chi connectivity index (χ0) is 21.3. The van der Waals surface area contributed by atoms with Crippen molar-refractivity contribution in [2.45, 2.75) is 6.61 Å². The lowest BCUT2D eigenvalue weighted by atomic mass is 10.2. The van der Waals surface area contributed by atoms with Crippen LogP contribution in [0, 0.1) is 5.82 Å². The highest BCUT2D eigenvalue weighted by molar-refractivity contribution is 6.39. The summed E-state index contributed by atoms with van der Waals surface area (Å²) >= 11 is 5.86. The molecule has 3 aromatic carbocycles. The molecule has 0 aromatic heterocycles. The summed E-state index contributed by atoms with van der Waals surface area (Å²) < 4.78 is 19.2. The molecule has 0 fully saturated rings. The fourth-order valence-corrected chi connectivity index (χ4v) is 2.52. The Morgan fingerprint density at radius 2 is 1.77 bits per heavy atom. The maximum absolute atomic E-state index is 13.5. The molecule has 30 heavy (non-hydrogen) atoms. The van der Waals surface area contributed by atoms with E-state index in [9.17, 15) is 14.0 Å². The van der Waals surface area contributed by atoms with E-state index < -0.39 is 17.6 Å². The molecule has 2 N–H and O–H groups in total. The van der Waals surface area contributed by atoms with Crippen LogP contribution >= 0.6 is 11.6 Å². The quantitative estimate of drug-likeness (QED) is 0.354. The van der Waals surface area contributed by atoms with Crippen molar-refractivity contribution in [3.05, 3.63) is 94.8 Å². The zero-order valence-corrected chi connectivity index (χ0v) is 16.4. The second kappa shape index (κ2) is 10.2. The van der Waals surface area contributed by atoms with Gasteiger partial charge in [-0.3, -0.25) is 9.59 Å². The van der Waals surface area contributed by atoms with Crippen molar-refractivity contribution >= 4 is 35.3 Å². The van der Waals surface area contributed by atoms with Gasteiger partial charge in [-0.2, -0.15) is 5.10 Å². The summed E-state index contributed by atoms with van der Waals surface area (Å²) in [5.74, 6) is -2.09. The molecule has 0 bridgehead atoms. The summed E-state index contributed by atoms with van der Waals surface area (Å²) in [6, 6.07) is 19.9. The van der Waals surface area contributed by atoms with Crippen LogP contribution in [0.1, 0.15) is 11.1 Å². The monoisotopic (exact) mass is 425 g/mol. The molecule has 0 saturated heterocycles. The number of amides is 2. The number of hydrogen-bond donors (Lipinski definition) is 2. The Kier molecular flexibility index (Phi) is 7.13. The first-order valence-corrected chi connectivity index (χ1v) is 9.25. The van der Waals surface area contributed by atoms with Crippen LogP contribution in [0.2, 0.25) is 5.02 Å². The number of nitrogens with zero attached hydrogens (tertiary/aromatic N) is 1. The van der Waals surface area contributed by atoms with Crippen molar-refractivity contribution in [1.82, 2.24) is 5.43 Å². The van der Waals surface area contributed by atoms with E-state index in [0.29, 0.717) is 22.9 Å². The van der Waals surface area contributed by atoms with Gasteiger partial charge in [-0.15, -0.1) is 0 Å². The van der Waals surface area contributed by atoms with Crippen molar-refractivity contribution in [2.24, 2.45) is 5.10 Å². The minimum absolute atomic E-state index is 0.0906. The van der Waals surface area contributed by atoms with Gasteiger partial charge in [0.1, 0.15) is 18.2 Å². The lowest BCUT2D eigenvalue weighted by Gasteiger charge is -2.07. The predicted octanol–water partition coefficient (Wildman–Crippen LogP) is 4.15. The Morgan fingerprint density at radius 3 is 2.53 bits per heavy atom. The standard InChI is InChI=1S/C22H17ClFN3O3/c23-17-10-8-15(9-11-17)14-30-18-5-3-4-16(12-18)13-25-27-22(29)21(28)26-20-7-2-1-6-19(20)24/h1-13H,14H2,(H,26,28)(H,27,29)/b25-13+. The lowest BCUT2D eigenvalue weighted by Crippen LogP contribution is -2.32. The molecule has 0 aliphatic heterocycles. The molecule has 0 unspecified atom stereocenters. The maximum Gasteiger partial charge on any atom is 0.329 e. The molecule has 2 amide bonds. The lowest BCUT2D eigenvalue weighted by molar-refractivity contribution is -0.136. The van der Waals surface area contributed by atoms with Crippen LogP contribution < -0.4 is 15.5 Å². The number of hydrazone groups is 1. The molecule has 0 aliphatic rings. The molecule has 0 aliphatic carbocycles. The average Bonchev–Trinajstić information content (AvgIpc) is 2.75. The molecular weight excluding hydrogens is 409 g/mol. The molecular formula is C22H17ClFN3O3. The Hall–Kier alpha value is -3.71. The number of halogens is 2. The SMILES string of the molecule is O=C(N/N=C/c1cccc(OCc2ccc(Cl)cc2)c1)C(=O)Nc1ccccc1F. The fourth-order valence-electron chi connectivity index (χ4n) is 2.39. The first-order chi connectivity index (χ1) is 14.5. The average molecular weight is 426 g/mol. The number of carbonyl (C=O) groups excluding carboxylic acids is 2. The van der Waals surface area contributed by atoms with Crippen LogP contribution in [-0.4, -0.2) is 18.0 Å². The molecule has 0 atom stereocenters. The number of ether oxygens (including phenoxy) is 1. The first-order valence-electron chi connectivity index (χ1n) is 8.87. The van der Waals surface area contributed by atoms with Gasteiger partial charge >= 0.3 is 11.8 Å². The van der Waals surface area contributed by atoms with Crippen molar-refractivity contribution in [2.75, 3.05) is 5.32 Å². The number of hydrogen-bond acceptors (Lipinski definition) is 4. The summed E-state index contributed by atoms with van der Waals surface area (Å²) in [4.78, 5) is 23.6. The summed E-state index contributed by atoms with van der Waals surface area (Å²) in [7, 11) is 0. The predicted molar refractivity (Wildman–Crippen MR) is 113 cm³/mol. The van der Waals surface area contributed by atoms with Crippen LogP contribution in [0.3, 0.4) is 0 Å². The third-order valence-corrected chi connectivity index (χ3v) is 4.14. The van der Waals surface area contributed by atoms with Crippen LogP contribution in [0.25, 0.3) is 0 Å². The Balaban J connectivity index is 1.52. The highest BCUT2D eigenvalue weighted by atomic mass is 35.5. The molecule has 3 aromatic rings. The zero-order valence-electron chi connectivity index (χ0n) is 15.6. The number of rotatable bonds is 6. The van der Waals surface area contributed by atoms with Gasteiger partial charge in [-0.25, -0.2) is 9.82 Å². The molecule has 8 heteroatoms. The number of nitrogens with one attached hydrogen (secondary N) is 2. The van der Waals surface area contributed by atoms with Crippen LogP contribution in [0.5, 0.6) is 5.75 Å². The van der Waals surface area contributed by atoms with E-state index >= 15 is 0 Å². The van der Waals surface area contributed by atoms with Gasteiger partial charge in [-0.05, 0) is 47.5 Å². The van der Waals surface area contributed by atoms with Gasteiger partial charge < -0.3 is 10.1 Å². The largest absolute Gasteiger partial charge is 0.489 e. The first kappa shape index (κ1) is 21.0. The van der Waals surface area contributed by atoms with E-state index in [-0.39, 0.29) is 5.69 Å². The van der Waals surface area contributed by atoms with Crippen LogP contribution in [0.4, 0.5) is 10.1 Å². The Morgan fingerprint density at radius 1 is 1.00 bits per heavy atom. The molecule has 6 nitrogen and oxygen atoms in total.